The maximum atomic E-state index is 10.8. The highest BCUT2D eigenvalue weighted by Crippen LogP contribution is 2.29. The van der Waals surface area contributed by atoms with Gasteiger partial charge >= 0.3 is 11.6 Å². The number of rotatable bonds is 4. The van der Waals surface area contributed by atoms with Gasteiger partial charge in [0, 0.05) is 5.02 Å². The number of ether oxygens (including phenoxy) is 1. The minimum absolute atomic E-state index is 0.00886. The molecule has 0 radical (unpaired) electrons. The summed E-state index contributed by atoms with van der Waals surface area (Å²) in [5.74, 6) is 5.29. The lowest BCUT2D eigenvalue weighted by Gasteiger charge is -2.06. The van der Waals surface area contributed by atoms with Gasteiger partial charge in [0.2, 0.25) is 5.95 Å². The summed E-state index contributed by atoms with van der Waals surface area (Å²) in [4.78, 5) is 17.6. The van der Waals surface area contributed by atoms with Crippen molar-refractivity contribution in [1.82, 2.24) is 9.97 Å². The van der Waals surface area contributed by atoms with E-state index in [1.165, 1.54) is 0 Å². The number of halogens is 1. The third kappa shape index (κ3) is 3.06. The lowest BCUT2D eigenvalue weighted by atomic mass is 10.3. The van der Waals surface area contributed by atoms with Crippen molar-refractivity contribution in [3.63, 3.8) is 0 Å². The molecule has 0 bridgehead atoms. The number of hydrogen-bond donors (Lipinski definition) is 2. The van der Waals surface area contributed by atoms with Crippen molar-refractivity contribution in [3.05, 3.63) is 45.6 Å². The molecular formula is C10H8ClN5O3. The number of hydrogen-bond acceptors (Lipinski definition) is 7. The molecule has 8 nitrogen and oxygen atoms in total. The van der Waals surface area contributed by atoms with Crippen LogP contribution in [0.25, 0.3) is 0 Å². The average Bonchev–Trinajstić information content (AvgIpc) is 2.41. The molecule has 0 aliphatic heterocycles. The van der Waals surface area contributed by atoms with E-state index < -0.39 is 4.92 Å². The minimum Gasteiger partial charge on any atom is -0.434 e. The van der Waals surface area contributed by atoms with E-state index in [0.29, 0.717) is 10.8 Å². The fourth-order valence-corrected chi connectivity index (χ4v) is 1.37. The molecule has 98 valence electrons. The van der Waals surface area contributed by atoms with Crippen LogP contribution in [0.4, 0.5) is 11.6 Å². The Hall–Kier alpha value is -2.45. The Labute approximate surface area is 112 Å². The first-order valence-electron chi connectivity index (χ1n) is 5.01. The topological polar surface area (TPSA) is 116 Å². The highest BCUT2D eigenvalue weighted by Gasteiger charge is 2.19. The molecule has 2 rings (SSSR count). The first kappa shape index (κ1) is 13.0. The van der Waals surface area contributed by atoms with E-state index in [1.807, 2.05) is 0 Å². The number of benzene rings is 1. The van der Waals surface area contributed by atoms with E-state index in [0.717, 1.165) is 6.20 Å². The molecule has 0 atom stereocenters. The lowest BCUT2D eigenvalue weighted by Crippen LogP contribution is -2.11. The zero-order valence-electron chi connectivity index (χ0n) is 9.41. The van der Waals surface area contributed by atoms with Crippen molar-refractivity contribution in [2.24, 2.45) is 5.84 Å². The molecule has 0 fully saturated rings. The van der Waals surface area contributed by atoms with Crippen LogP contribution in [-0.2, 0) is 0 Å². The Kier molecular flexibility index (Phi) is 3.74. The molecule has 0 saturated heterocycles. The molecule has 1 heterocycles. The Balaban J connectivity index is 2.36. The predicted octanol–water partition coefficient (Wildman–Crippen LogP) is 2.12. The first-order valence-corrected chi connectivity index (χ1v) is 5.39. The smallest absolute Gasteiger partial charge is 0.349 e. The molecule has 1 aromatic carbocycles. The molecule has 9 heteroatoms. The molecule has 0 spiro atoms. The predicted molar refractivity (Wildman–Crippen MR) is 68.0 cm³/mol. The summed E-state index contributed by atoms with van der Waals surface area (Å²) in [5.41, 5.74) is 1.82. The second kappa shape index (κ2) is 5.46. The Morgan fingerprint density at radius 1 is 1.37 bits per heavy atom. The molecule has 0 aliphatic carbocycles. The number of nitro groups is 1. The van der Waals surface area contributed by atoms with E-state index in [9.17, 15) is 10.1 Å². The van der Waals surface area contributed by atoms with Crippen LogP contribution in [-0.4, -0.2) is 14.9 Å². The van der Waals surface area contributed by atoms with Crippen molar-refractivity contribution >= 4 is 23.2 Å². The summed E-state index contributed by atoms with van der Waals surface area (Å²) < 4.78 is 5.32. The number of aromatic nitrogens is 2. The summed E-state index contributed by atoms with van der Waals surface area (Å²) in [7, 11) is 0. The normalized spacial score (nSPS) is 10.0. The highest BCUT2D eigenvalue weighted by atomic mass is 35.5. The third-order valence-corrected chi connectivity index (χ3v) is 2.34. The number of nitrogen functional groups attached to an aromatic ring is 1. The third-order valence-electron chi connectivity index (χ3n) is 2.09. The van der Waals surface area contributed by atoms with Crippen LogP contribution in [0, 0.1) is 10.1 Å². The number of nitrogens with zero attached hydrogens (tertiary/aromatic N) is 3. The fraction of sp³-hybridized carbons (Fsp3) is 0. The van der Waals surface area contributed by atoms with Crippen LogP contribution in [0.1, 0.15) is 0 Å². The van der Waals surface area contributed by atoms with Crippen LogP contribution in [0.3, 0.4) is 0 Å². The van der Waals surface area contributed by atoms with Gasteiger partial charge in [0.15, 0.2) is 0 Å². The molecule has 2 aromatic rings. The van der Waals surface area contributed by atoms with Gasteiger partial charge in [0.05, 0.1) is 4.92 Å². The fourth-order valence-electron chi connectivity index (χ4n) is 1.24. The van der Waals surface area contributed by atoms with E-state index in [1.54, 1.807) is 24.3 Å². The van der Waals surface area contributed by atoms with Gasteiger partial charge in [-0.15, -0.1) is 0 Å². The maximum Gasteiger partial charge on any atom is 0.349 e. The molecule has 3 N–H and O–H groups in total. The van der Waals surface area contributed by atoms with Gasteiger partial charge in [0.25, 0.3) is 0 Å². The SMILES string of the molecule is NNc1ncc([N+](=O)[O-])c(Oc2ccc(Cl)cc2)n1. The zero-order chi connectivity index (χ0) is 13.8. The molecule has 0 unspecified atom stereocenters. The Morgan fingerprint density at radius 3 is 2.63 bits per heavy atom. The molecule has 0 amide bonds. The molecule has 0 saturated carbocycles. The number of nitrogens with one attached hydrogen (secondary N) is 1. The molecular weight excluding hydrogens is 274 g/mol. The van der Waals surface area contributed by atoms with Crippen LogP contribution in [0.5, 0.6) is 11.6 Å². The largest absolute Gasteiger partial charge is 0.434 e. The van der Waals surface area contributed by atoms with Crippen molar-refractivity contribution in [1.29, 1.82) is 0 Å². The van der Waals surface area contributed by atoms with Gasteiger partial charge in [0.1, 0.15) is 11.9 Å². The summed E-state index contributed by atoms with van der Waals surface area (Å²) >= 11 is 5.73. The number of anilines is 1. The molecule has 1 aromatic heterocycles. The maximum absolute atomic E-state index is 10.8. The van der Waals surface area contributed by atoms with Gasteiger partial charge in [-0.2, -0.15) is 4.98 Å². The second-order valence-electron chi connectivity index (χ2n) is 3.34. The van der Waals surface area contributed by atoms with Crippen molar-refractivity contribution in [2.45, 2.75) is 0 Å². The van der Waals surface area contributed by atoms with Gasteiger partial charge < -0.3 is 4.74 Å². The molecule has 19 heavy (non-hydrogen) atoms. The van der Waals surface area contributed by atoms with Gasteiger partial charge in [-0.3, -0.25) is 15.5 Å². The zero-order valence-corrected chi connectivity index (χ0v) is 10.2. The molecule has 0 aliphatic rings. The van der Waals surface area contributed by atoms with Crippen LogP contribution < -0.4 is 16.0 Å². The van der Waals surface area contributed by atoms with Crippen LogP contribution in [0.15, 0.2) is 30.5 Å². The monoisotopic (exact) mass is 281 g/mol. The number of nitrogens with two attached hydrogens (primary N) is 1. The highest BCUT2D eigenvalue weighted by molar-refractivity contribution is 6.30. The van der Waals surface area contributed by atoms with E-state index in [2.05, 4.69) is 15.4 Å². The van der Waals surface area contributed by atoms with Crippen LogP contribution in [0.2, 0.25) is 5.02 Å². The average molecular weight is 282 g/mol. The summed E-state index contributed by atoms with van der Waals surface area (Å²) in [6, 6.07) is 6.30. The van der Waals surface area contributed by atoms with Gasteiger partial charge in [-0.05, 0) is 24.3 Å². The lowest BCUT2D eigenvalue weighted by molar-refractivity contribution is -0.386. The van der Waals surface area contributed by atoms with Gasteiger partial charge in [-0.25, -0.2) is 10.8 Å². The van der Waals surface area contributed by atoms with E-state index in [-0.39, 0.29) is 17.5 Å². The van der Waals surface area contributed by atoms with Crippen molar-refractivity contribution in [2.75, 3.05) is 5.43 Å². The quantitative estimate of drug-likeness (QED) is 0.501. The second-order valence-corrected chi connectivity index (χ2v) is 3.78. The Morgan fingerprint density at radius 2 is 2.05 bits per heavy atom. The standard InChI is InChI=1S/C10H8ClN5O3/c11-6-1-3-7(4-2-6)19-9-8(16(17)18)5-13-10(14-9)15-12/h1-5H,12H2,(H,13,14,15). The van der Waals surface area contributed by atoms with E-state index in [4.69, 9.17) is 22.2 Å². The summed E-state index contributed by atoms with van der Waals surface area (Å²) in [6.45, 7) is 0. The minimum atomic E-state index is -0.647. The van der Waals surface area contributed by atoms with Gasteiger partial charge in [-0.1, -0.05) is 11.6 Å². The van der Waals surface area contributed by atoms with Crippen LogP contribution >= 0.6 is 11.6 Å². The van der Waals surface area contributed by atoms with Crippen molar-refractivity contribution < 1.29 is 9.66 Å². The Bertz CT molecular complexity index is 605. The summed E-state index contributed by atoms with van der Waals surface area (Å²) in [5, 5.41) is 11.4. The van der Waals surface area contributed by atoms with E-state index >= 15 is 0 Å². The number of hydrazine groups is 1. The van der Waals surface area contributed by atoms with Crippen molar-refractivity contribution in [3.8, 4) is 11.6 Å². The first-order chi connectivity index (χ1) is 9.10. The summed E-state index contributed by atoms with van der Waals surface area (Å²) in [6.07, 6.45) is 1.01.